The Morgan fingerprint density at radius 2 is 2.09 bits per heavy atom. The molecule has 0 bridgehead atoms. The monoisotopic (exact) mass is 306 g/mol. The molecule has 122 valence electrons. The minimum absolute atomic E-state index is 0.353. The smallest absolute Gasteiger partial charge is 0.132 e. The van der Waals surface area contributed by atoms with Crippen LogP contribution in [0.15, 0.2) is 12.4 Å². The highest BCUT2D eigenvalue weighted by Gasteiger charge is 2.21. The summed E-state index contributed by atoms with van der Waals surface area (Å²) < 4.78 is 11.5. The van der Waals surface area contributed by atoms with E-state index in [1.807, 2.05) is 0 Å². The maximum Gasteiger partial charge on any atom is 0.132 e. The maximum atomic E-state index is 6.03. The van der Waals surface area contributed by atoms with Crippen LogP contribution >= 0.6 is 0 Å². The molecule has 2 aliphatic heterocycles. The average Bonchev–Trinajstić information content (AvgIpc) is 2.55. The van der Waals surface area contributed by atoms with Crippen LogP contribution in [0.5, 0.6) is 0 Å². The number of anilines is 1. The van der Waals surface area contributed by atoms with Gasteiger partial charge in [0.2, 0.25) is 0 Å². The van der Waals surface area contributed by atoms with Gasteiger partial charge in [0.1, 0.15) is 12.1 Å². The fraction of sp³-hybridized carbons (Fsp3) is 0.750. The molecule has 1 atom stereocenters. The highest BCUT2D eigenvalue weighted by atomic mass is 16.5. The number of piperidine rings is 1. The molecule has 0 spiro atoms. The van der Waals surface area contributed by atoms with Gasteiger partial charge in [0, 0.05) is 25.7 Å². The first-order valence-corrected chi connectivity index (χ1v) is 8.18. The van der Waals surface area contributed by atoms with Crippen molar-refractivity contribution >= 4 is 5.82 Å². The highest BCUT2D eigenvalue weighted by molar-refractivity contribution is 5.40. The number of rotatable bonds is 4. The lowest BCUT2D eigenvalue weighted by Crippen LogP contribution is -2.44. The average molecular weight is 306 g/mol. The molecule has 1 aromatic rings. The third-order valence-corrected chi connectivity index (χ3v) is 4.50. The van der Waals surface area contributed by atoms with E-state index in [2.05, 4.69) is 39.8 Å². The van der Waals surface area contributed by atoms with Crippen molar-refractivity contribution in [3.05, 3.63) is 18.1 Å². The fourth-order valence-corrected chi connectivity index (χ4v) is 3.04. The van der Waals surface area contributed by atoms with Crippen LogP contribution in [0.4, 0.5) is 5.82 Å². The van der Waals surface area contributed by atoms with Crippen LogP contribution in [0.2, 0.25) is 0 Å². The van der Waals surface area contributed by atoms with Gasteiger partial charge in [-0.25, -0.2) is 9.97 Å². The van der Waals surface area contributed by atoms with Gasteiger partial charge in [0.05, 0.1) is 37.7 Å². The predicted molar refractivity (Wildman–Crippen MR) is 85.0 cm³/mol. The number of aromatic nitrogens is 2. The Morgan fingerprint density at radius 1 is 1.27 bits per heavy atom. The van der Waals surface area contributed by atoms with E-state index in [-0.39, 0.29) is 0 Å². The van der Waals surface area contributed by atoms with Gasteiger partial charge in [-0.1, -0.05) is 0 Å². The van der Waals surface area contributed by atoms with Gasteiger partial charge in [-0.05, 0) is 26.8 Å². The first-order valence-electron chi connectivity index (χ1n) is 8.18. The van der Waals surface area contributed by atoms with E-state index in [1.54, 1.807) is 6.33 Å². The van der Waals surface area contributed by atoms with E-state index in [0.29, 0.717) is 18.8 Å². The second kappa shape index (κ2) is 7.35. The summed E-state index contributed by atoms with van der Waals surface area (Å²) in [5.74, 6) is 0.979. The molecule has 2 aliphatic rings. The zero-order valence-corrected chi connectivity index (χ0v) is 13.6. The molecule has 0 aromatic carbocycles. The summed E-state index contributed by atoms with van der Waals surface area (Å²) >= 11 is 0. The van der Waals surface area contributed by atoms with Crippen LogP contribution in [0, 0.1) is 0 Å². The molecule has 6 heteroatoms. The Labute approximate surface area is 132 Å². The second-order valence-electron chi connectivity index (χ2n) is 6.30. The first-order chi connectivity index (χ1) is 10.7. The molecule has 6 nitrogen and oxygen atoms in total. The number of ether oxygens (including phenoxy) is 2. The summed E-state index contributed by atoms with van der Waals surface area (Å²) in [6.07, 6.45) is 4.21. The predicted octanol–water partition coefficient (Wildman–Crippen LogP) is 1.31. The lowest BCUT2D eigenvalue weighted by Gasteiger charge is -2.34. The van der Waals surface area contributed by atoms with Crippen molar-refractivity contribution in [3.8, 4) is 0 Å². The van der Waals surface area contributed by atoms with E-state index in [9.17, 15) is 0 Å². The van der Waals surface area contributed by atoms with Gasteiger partial charge in [-0.3, -0.25) is 0 Å². The molecule has 2 fully saturated rings. The topological polar surface area (TPSA) is 50.7 Å². The van der Waals surface area contributed by atoms with Gasteiger partial charge in [0.25, 0.3) is 0 Å². The summed E-state index contributed by atoms with van der Waals surface area (Å²) in [5.41, 5.74) is 0.961. The Hall–Kier alpha value is -1.24. The van der Waals surface area contributed by atoms with E-state index in [0.717, 1.165) is 57.2 Å². The lowest BCUT2D eigenvalue weighted by atomic mass is 10.1. The van der Waals surface area contributed by atoms with E-state index < -0.39 is 0 Å². The molecule has 1 aromatic heterocycles. The van der Waals surface area contributed by atoms with Crippen molar-refractivity contribution in [1.82, 2.24) is 14.9 Å². The molecule has 0 saturated carbocycles. The number of nitrogens with zero attached hydrogens (tertiary/aromatic N) is 4. The third-order valence-electron chi connectivity index (χ3n) is 4.50. The first kappa shape index (κ1) is 15.6. The number of likely N-dealkylation sites (tertiary alicyclic amines) is 1. The zero-order chi connectivity index (χ0) is 15.4. The summed E-state index contributed by atoms with van der Waals surface area (Å²) in [7, 11) is 2.16. The quantitative estimate of drug-likeness (QED) is 0.836. The van der Waals surface area contributed by atoms with Crippen LogP contribution < -0.4 is 4.90 Å². The largest absolute Gasteiger partial charge is 0.377 e. The molecule has 0 N–H and O–H groups in total. The minimum atomic E-state index is 0.353. The molecule has 3 heterocycles. The van der Waals surface area contributed by atoms with Crippen LogP contribution in [0.25, 0.3) is 0 Å². The van der Waals surface area contributed by atoms with Crippen LogP contribution in [-0.2, 0) is 16.1 Å². The maximum absolute atomic E-state index is 6.03. The van der Waals surface area contributed by atoms with E-state index >= 15 is 0 Å². The fourth-order valence-electron chi connectivity index (χ4n) is 3.04. The van der Waals surface area contributed by atoms with Gasteiger partial charge >= 0.3 is 0 Å². The molecule has 0 radical (unpaired) electrons. The van der Waals surface area contributed by atoms with Crippen molar-refractivity contribution in [2.75, 3.05) is 44.8 Å². The van der Waals surface area contributed by atoms with Crippen molar-refractivity contribution in [2.45, 2.75) is 38.5 Å². The normalized spacial score (nSPS) is 24.6. The van der Waals surface area contributed by atoms with E-state index in [1.165, 1.54) is 0 Å². The highest BCUT2D eigenvalue weighted by Crippen LogP contribution is 2.19. The van der Waals surface area contributed by atoms with Gasteiger partial charge < -0.3 is 19.3 Å². The molecule has 0 amide bonds. The standard InChI is InChI=1S/C16H26N4O2/c1-13-10-21-8-7-20(13)16-9-14(17-12-18-16)11-22-15-3-5-19(2)6-4-15/h9,12-13,15H,3-8,10-11H2,1-2H3/t13-/m0/s1. The van der Waals surface area contributed by atoms with Gasteiger partial charge in [-0.2, -0.15) is 0 Å². The summed E-state index contributed by atoms with van der Waals surface area (Å²) in [5, 5.41) is 0. The van der Waals surface area contributed by atoms with Crippen LogP contribution in [0.3, 0.4) is 0 Å². The van der Waals surface area contributed by atoms with Crippen molar-refractivity contribution < 1.29 is 9.47 Å². The SMILES string of the molecule is C[C@H]1COCCN1c1cc(COC2CCN(C)CC2)ncn1. The summed E-state index contributed by atoms with van der Waals surface area (Å²) in [4.78, 5) is 13.4. The van der Waals surface area contributed by atoms with Gasteiger partial charge in [-0.15, -0.1) is 0 Å². The Morgan fingerprint density at radius 3 is 2.86 bits per heavy atom. The lowest BCUT2D eigenvalue weighted by molar-refractivity contribution is 0.000712. The third kappa shape index (κ3) is 3.94. The molecule has 0 aliphatic carbocycles. The molecule has 22 heavy (non-hydrogen) atoms. The summed E-state index contributed by atoms with van der Waals surface area (Å²) in [6.45, 7) is 7.36. The van der Waals surface area contributed by atoms with Gasteiger partial charge in [0.15, 0.2) is 0 Å². The second-order valence-corrected chi connectivity index (χ2v) is 6.30. The minimum Gasteiger partial charge on any atom is -0.377 e. The van der Waals surface area contributed by atoms with Crippen molar-refractivity contribution in [1.29, 1.82) is 0 Å². The van der Waals surface area contributed by atoms with Crippen molar-refractivity contribution in [2.24, 2.45) is 0 Å². The zero-order valence-electron chi connectivity index (χ0n) is 13.6. The molecule has 2 saturated heterocycles. The van der Waals surface area contributed by atoms with Crippen LogP contribution in [0.1, 0.15) is 25.5 Å². The molecular weight excluding hydrogens is 280 g/mol. The van der Waals surface area contributed by atoms with Crippen molar-refractivity contribution in [3.63, 3.8) is 0 Å². The number of hydrogen-bond donors (Lipinski definition) is 0. The Balaban J connectivity index is 1.57. The number of morpholine rings is 1. The summed E-state index contributed by atoms with van der Waals surface area (Å²) in [6, 6.07) is 2.41. The van der Waals surface area contributed by atoms with E-state index in [4.69, 9.17) is 9.47 Å². The molecular formula is C16H26N4O2. The Kier molecular flexibility index (Phi) is 5.23. The molecule has 0 unspecified atom stereocenters. The molecule has 3 rings (SSSR count). The van der Waals surface area contributed by atoms with Crippen LogP contribution in [-0.4, -0.2) is 66.9 Å². The Bertz CT molecular complexity index is 477. The number of hydrogen-bond acceptors (Lipinski definition) is 6.